The van der Waals surface area contributed by atoms with Gasteiger partial charge in [0.15, 0.2) is 5.03 Å². The molecular weight excluding hydrogens is 254 g/mol. The Kier molecular flexibility index (Phi) is 4.04. The second kappa shape index (κ2) is 5.38. The van der Waals surface area contributed by atoms with E-state index in [1.807, 2.05) is 0 Å². The number of rotatable bonds is 5. The van der Waals surface area contributed by atoms with E-state index in [0.717, 1.165) is 19.3 Å². The Hall–Kier alpha value is -0.920. The SMILES string of the molecule is Cn1nccc1S(=O)(=O)NCC1CCCC1CO. The smallest absolute Gasteiger partial charge is 0.257 e. The Bertz CT molecular complexity index is 497. The van der Waals surface area contributed by atoms with E-state index in [9.17, 15) is 13.5 Å². The van der Waals surface area contributed by atoms with Gasteiger partial charge in [-0.05, 0) is 30.7 Å². The Balaban J connectivity index is 2.00. The summed E-state index contributed by atoms with van der Waals surface area (Å²) in [5, 5.41) is 13.2. The fourth-order valence-electron chi connectivity index (χ4n) is 2.54. The summed E-state index contributed by atoms with van der Waals surface area (Å²) in [6, 6.07) is 1.47. The average Bonchev–Trinajstić information content (AvgIpc) is 2.94. The van der Waals surface area contributed by atoms with E-state index in [2.05, 4.69) is 9.82 Å². The number of aliphatic hydroxyl groups is 1. The number of sulfonamides is 1. The van der Waals surface area contributed by atoms with Crippen LogP contribution in [0, 0.1) is 11.8 Å². The van der Waals surface area contributed by atoms with Crippen molar-refractivity contribution in [3.8, 4) is 0 Å². The molecule has 2 N–H and O–H groups in total. The van der Waals surface area contributed by atoms with Gasteiger partial charge in [-0.1, -0.05) is 6.42 Å². The summed E-state index contributed by atoms with van der Waals surface area (Å²) in [5.41, 5.74) is 0. The molecule has 0 spiro atoms. The van der Waals surface area contributed by atoms with Crippen LogP contribution in [0.4, 0.5) is 0 Å². The Morgan fingerprint density at radius 1 is 1.50 bits per heavy atom. The number of nitrogens with zero attached hydrogens (tertiary/aromatic N) is 2. The van der Waals surface area contributed by atoms with Crippen molar-refractivity contribution in [2.45, 2.75) is 24.3 Å². The zero-order valence-electron chi connectivity index (χ0n) is 10.4. The molecule has 2 atom stereocenters. The van der Waals surface area contributed by atoms with E-state index >= 15 is 0 Å². The number of aryl methyl sites for hydroxylation is 1. The molecule has 2 unspecified atom stereocenters. The van der Waals surface area contributed by atoms with Crippen LogP contribution in [0.1, 0.15) is 19.3 Å². The van der Waals surface area contributed by atoms with Crippen LogP contribution < -0.4 is 4.72 Å². The first-order valence-electron chi connectivity index (χ1n) is 6.13. The lowest BCUT2D eigenvalue weighted by Crippen LogP contribution is -2.32. The molecule has 6 nitrogen and oxygen atoms in total. The molecule has 0 aliphatic heterocycles. The molecule has 1 fully saturated rings. The third kappa shape index (κ3) is 2.73. The van der Waals surface area contributed by atoms with Crippen LogP contribution in [0.25, 0.3) is 0 Å². The first-order valence-corrected chi connectivity index (χ1v) is 7.61. The minimum atomic E-state index is -3.50. The van der Waals surface area contributed by atoms with Gasteiger partial charge in [-0.15, -0.1) is 0 Å². The molecule has 0 aromatic carbocycles. The lowest BCUT2D eigenvalue weighted by Gasteiger charge is -2.17. The fraction of sp³-hybridized carbons (Fsp3) is 0.727. The topological polar surface area (TPSA) is 84.2 Å². The standard InChI is InChI=1S/C11H19N3O3S/c1-14-11(5-6-12-14)18(16,17)13-7-9-3-2-4-10(9)8-15/h5-6,9-10,13,15H,2-4,7-8H2,1H3. The average molecular weight is 273 g/mol. The highest BCUT2D eigenvalue weighted by Gasteiger charge is 2.28. The van der Waals surface area contributed by atoms with Gasteiger partial charge in [0.1, 0.15) is 0 Å². The van der Waals surface area contributed by atoms with Crippen molar-refractivity contribution in [3.63, 3.8) is 0 Å². The van der Waals surface area contributed by atoms with E-state index in [1.54, 1.807) is 7.05 Å². The van der Waals surface area contributed by atoms with Crippen molar-refractivity contribution in [2.75, 3.05) is 13.2 Å². The van der Waals surface area contributed by atoms with Gasteiger partial charge in [-0.25, -0.2) is 13.1 Å². The van der Waals surface area contributed by atoms with Crippen LogP contribution in [0.5, 0.6) is 0 Å². The normalized spacial score (nSPS) is 24.6. The van der Waals surface area contributed by atoms with Gasteiger partial charge in [-0.3, -0.25) is 4.68 Å². The van der Waals surface area contributed by atoms with Crippen LogP contribution in [0.3, 0.4) is 0 Å². The summed E-state index contributed by atoms with van der Waals surface area (Å²) in [7, 11) is -1.90. The quantitative estimate of drug-likeness (QED) is 0.797. The zero-order chi connectivity index (χ0) is 13.2. The van der Waals surface area contributed by atoms with Crippen molar-refractivity contribution >= 4 is 10.0 Å². The van der Waals surface area contributed by atoms with Crippen LogP contribution in [-0.4, -0.2) is 36.5 Å². The highest BCUT2D eigenvalue weighted by molar-refractivity contribution is 7.89. The summed E-state index contributed by atoms with van der Waals surface area (Å²) in [6.45, 7) is 0.525. The van der Waals surface area contributed by atoms with Crippen molar-refractivity contribution in [3.05, 3.63) is 12.3 Å². The van der Waals surface area contributed by atoms with Gasteiger partial charge in [0.25, 0.3) is 10.0 Å². The number of hydrogen-bond donors (Lipinski definition) is 2. The highest BCUT2D eigenvalue weighted by Crippen LogP contribution is 2.30. The van der Waals surface area contributed by atoms with E-state index in [-0.39, 0.29) is 23.5 Å². The van der Waals surface area contributed by atoms with E-state index in [0.29, 0.717) is 6.54 Å². The zero-order valence-corrected chi connectivity index (χ0v) is 11.2. The Morgan fingerprint density at radius 3 is 2.83 bits per heavy atom. The lowest BCUT2D eigenvalue weighted by atomic mass is 9.97. The molecule has 0 bridgehead atoms. The molecule has 0 radical (unpaired) electrons. The number of nitrogens with one attached hydrogen (secondary N) is 1. The first kappa shape index (κ1) is 13.5. The number of aromatic nitrogens is 2. The predicted molar refractivity (Wildman–Crippen MR) is 66.3 cm³/mol. The van der Waals surface area contributed by atoms with Crippen LogP contribution in [0.2, 0.25) is 0 Å². The van der Waals surface area contributed by atoms with E-state index < -0.39 is 10.0 Å². The summed E-state index contributed by atoms with van der Waals surface area (Å²) in [6.07, 6.45) is 4.47. The maximum absolute atomic E-state index is 12.0. The molecule has 0 amide bonds. The molecule has 1 aliphatic carbocycles. The maximum atomic E-state index is 12.0. The minimum absolute atomic E-state index is 0.137. The van der Waals surface area contributed by atoms with Gasteiger partial charge in [0, 0.05) is 20.2 Å². The van der Waals surface area contributed by atoms with Gasteiger partial charge in [0.2, 0.25) is 0 Å². The van der Waals surface area contributed by atoms with E-state index in [4.69, 9.17) is 0 Å². The molecule has 1 heterocycles. The molecule has 102 valence electrons. The van der Waals surface area contributed by atoms with Gasteiger partial charge in [0.05, 0.1) is 6.20 Å². The molecule has 18 heavy (non-hydrogen) atoms. The summed E-state index contributed by atoms with van der Waals surface area (Å²) in [4.78, 5) is 0. The monoisotopic (exact) mass is 273 g/mol. The molecule has 7 heteroatoms. The highest BCUT2D eigenvalue weighted by atomic mass is 32.2. The van der Waals surface area contributed by atoms with Crippen molar-refractivity contribution in [1.82, 2.24) is 14.5 Å². The Labute approximate surface area is 107 Å². The third-order valence-electron chi connectivity index (χ3n) is 3.64. The third-order valence-corrected chi connectivity index (χ3v) is 5.14. The number of aliphatic hydroxyl groups excluding tert-OH is 1. The summed E-state index contributed by atoms with van der Waals surface area (Å²) < 4.78 is 28.0. The molecule has 2 rings (SSSR count). The summed E-state index contributed by atoms with van der Waals surface area (Å²) in [5.74, 6) is 0.456. The second-order valence-corrected chi connectivity index (χ2v) is 6.49. The maximum Gasteiger partial charge on any atom is 0.257 e. The number of hydrogen-bond acceptors (Lipinski definition) is 4. The van der Waals surface area contributed by atoms with Crippen molar-refractivity contribution in [1.29, 1.82) is 0 Å². The van der Waals surface area contributed by atoms with Gasteiger partial charge >= 0.3 is 0 Å². The fourth-order valence-corrected chi connectivity index (χ4v) is 3.76. The second-order valence-electron chi connectivity index (χ2n) is 4.78. The lowest BCUT2D eigenvalue weighted by molar-refractivity contribution is 0.195. The van der Waals surface area contributed by atoms with Gasteiger partial charge in [-0.2, -0.15) is 5.10 Å². The van der Waals surface area contributed by atoms with E-state index in [1.165, 1.54) is 16.9 Å². The molecule has 1 aliphatic rings. The van der Waals surface area contributed by atoms with Crippen LogP contribution in [-0.2, 0) is 17.1 Å². The molecular formula is C11H19N3O3S. The van der Waals surface area contributed by atoms with Crippen molar-refractivity contribution < 1.29 is 13.5 Å². The van der Waals surface area contributed by atoms with Crippen LogP contribution in [0.15, 0.2) is 17.3 Å². The summed E-state index contributed by atoms with van der Waals surface area (Å²) >= 11 is 0. The first-order chi connectivity index (χ1) is 8.54. The Morgan fingerprint density at radius 2 is 2.22 bits per heavy atom. The predicted octanol–water partition coefficient (Wildman–Crippen LogP) is 0.107. The minimum Gasteiger partial charge on any atom is -0.396 e. The van der Waals surface area contributed by atoms with Gasteiger partial charge < -0.3 is 5.11 Å². The molecule has 0 saturated heterocycles. The largest absolute Gasteiger partial charge is 0.396 e. The van der Waals surface area contributed by atoms with Crippen molar-refractivity contribution in [2.24, 2.45) is 18.9 Å². The molecule has 1 aromatic heterocycles. The molecule has 1 aromatic rings. The van der Waals surface area contributed by atoms with Crippen LogP contribution >= 0.6 is 0 Å². The molecule has 1 saturated carbocycles.